The Hall–Kier alpha value is -2.01. The molecule has 0 unspecified atom stereocenters. The van der Waals surface area contributed by atoms with Crippen molar-refractivity contribution in [2.75, 3.05) is 13.1 Å². The third-order valence-corrected chi connectivity index (χ3v) is 8.26. The van der Waals surface area contributed by atoms with Crippen LogP contribution in [0.1, 0.15) is 30.1 Å². The lowest BCUT2D eigenvalue weighted by Gasteiger charge is -2.58. The SMILES string of the molecule is C=C[C@H]1C[N@+]2(Cc3ccccc3Br)CC[C@H]1C[C@@H]2[C@@H](O)c1ccnc2ccccc12. The molecule has 0 aliphatic carbocycles. The maximum Gasteiger partial charge on any atom is 0.131 e. The number of halogens is 1. The summed E-state index contributed by atoms with van der Waals surface area (Å²) < 4.78 is 2.08. The topological polar surface area (TPSA) is 33.1 Å². The minimum atomic E-state index is -0.506. The zero-order valence-electron chi connectivity index (χ0n) is 17.1. The first-order valence-corrected chi connectivity index (χ1v) is 11.6. The highest BCUT2D eigenvalue weighted by Gasteiger charge is 2.54. The maximum atomic E-state index is 11.8. The van der Waals surface area contributed by atoms with Gasteiger partial charge in [0.2, 0.25) is 0 Å². The minimum absolute atomic E-state index is 0.179. The van der Waals surface area contributed by atoms with E-state index in [-0.39, 0.29) is 6.04 Å². The number of hydrogen-bond acceptors (Lipinski definition) is 2. The van der Waals surface area contributed by atoms with Gasteiger partial charge in [-0.1, -0.05) is 58.4 Å². The van der Waals surface area contributed by atoms with Gasteiger partial charge in [0.25, 0.3) is 0 Å². The van der Waals surface area contributed by atoms with Gasteiger partial charge in [-0.05, 0) is 29.7 Å². The number of rotatable bonds is 5. The Labute approximate surface area is 186 Å². The monoisotopic (exact) mass is 463 g/mol. The third kappa shape index (κ3) is 3.31. The summed E-state index contributed by atoms with van der Waals surface area (Å²) in [6.07, 6.45) is 5.73. The van der Waals surface area contributed by atoms with Gasteiger partial charge < -0.3 is 9.59 Å². The molecule has 0 spiro atoms. The summed E-state index contributed by atoms with van der Waals surface area (Å²) in [5, 5.41) is 12.8. The molecule has 0 amide bonds. The number of para-hydroxylation sites is 1. The van der Waals surface area contributed by atoms with Crippen molar-refractivity contribution in [1.29, 1.82) is 0 Å². The molecule has 4 heterocycles. The van der Waals surface area contributed by atoms with Crippen molar-refractivity contribution in [3.8, 4) is 0 Å². The van der Waals surface area contributed by atoms with Crippen LogP contribution in [0.25, 0.3) is 10.9 Å². The standard InChI is InChI=1S/C26H28BrN2O/c1-2-18-16-29(17-20-7-3-5-9-23(20)27)14-12-19(18)15-25(29)26(30)22-11-13-28-24-10-6-4-8-21(22)24/h2-11,13,18-19,25-26,30H,1,12,14-17H2/q+1/t18-,19-,25+,26-,29-/m0/s1. The number of aromatic nitrogens is 1. The fourth-order valence-corrected chi connectivity index (χ4v) is 6.34. The van der Waals surface area contributed by atoms with E-state index in [2.05, 4.69) is 63.9 Å². The third-order valence-electron chi connectivity index (χ3n) is 7.48. The van der Waals surface area contributed by atoms with E-state index in [4.69, 9.17) is 0 Å². The molecule has 154 valence electrons. The molecule has 4 heteroatoms. The first-order chi connectivity index (χ1) is 14.6. The number of hydrogen-bond donors (Lipinski definition) is 1. The van der Waals surface area contributed by atoms with E-state index in [1.165, 1.54) is 12.0 Å². The molecule has 1 aromatic heterocycles. The highest BCUT2D eigenvalue weighted by molar-refractivity contribution is 9.10. The van der Waals surface area contributed by atoms with Crippen LogP contribution in [0.2, 0.25) is 0 Å². The average Bonchev–Trinajstić information content (AvgIpc) is 2.79. The summed E-state index contributed by atoms with van der Waals surface area (Å²) in [5.74, 6) is 1.15. The smallest absolute Gasteiger partial charge is 0.131 e. The summed E-state index contributed by atoms with van der Waals surface area (Å²) in [4.78, 5) is 4.50. The van der Waals surface area contributed by atoms with Crippen LogP contribution in [0.3, 0.4) is 0 Å². The second kappa shape index (κ2) is 7.92. The van der Waals surface area contributed by atoms with Gasteiger partial charge in [-0.2, -0.15) is 0 Å². The summed E-state index contributed by atoms with van der Waals surface area (Å²) in [5.41, 5.74) is 3.28. The Balaban J connectivity index is 1.57. The Morgan fingerprint density at radius 2 is 1.97 bits per heavy atom. The minimum Gasteiger partial charge on any atom is -0.382 e. The predicted octanol–water partition coefficient (Wildman–Crippen LogP) is 5.64. The van der Waals surface area contributed by atoms with E-state index in [0.29, 0.717) is 11.8 Å². The number of pyridine rings is 1. The number of piperidine rings is 3. The lowest BCUT2D eigenvalue weighted by Crippen LogP contribution is -2.67. The molecular formula is C26H28BrN2O+. The molecule has 0 saturated carbocycles. The van der Waals surface area contributed by atoms with Crippen molar-refractivity contribution in [2.24, 2.45) is 11.8 Å². The van der Waals surface area contributed by atoms with Gasteiger partial charge in [-0.3, -0.25) is 4.98 Å². The average molecular weight is 464 g/mol. The van der Waals surface area contributed by atoms with Gasteiger partial charge in [0.1, 0.15) is 18.7 Å². The van der Waals surface area contributed by atoms with Gasteiger partial charge in [-0.15, -0.1) is 6.58 Å². The van der Waals surface area contributed by atoms with Crippen LogP contribution in [0.15, 0.2) is 77.9 Å². The van der Waals surface area contributed by atoms with E-state index in [9.17, 15) is 5.11 Å². The molecule has 3 aliphatic rings. The Bertz CT molecular complexity index is 1080. The van der Waals surface area contributed by atoms with Crippen LogP contribution < -0.4 is 0 Å². The van der Waals surface area contributed by atoms with Gasteiger partial charge in [0.15, 0.2) is 0 Å². The lowest BCUT2D eigenvalue weighted by molar-refractivity contribution is -0.985. The van der Waals surface area contributed by atoms with Crippen molar-refractivity contribution in [2.45, 2.75) is 31.5 Å². The van der Waals surface area contributed by atoms with Crippen LogP contribution >= 0.6 is 15.9 Å². The van der Waals surface area contributed by atoms with Crippen LogP contribution in [0.5, 0.6) is 0 Å². The van der Waals surface area contributed by atoms with Gasteiger partial charge in [-0.25, -0.2) is 0 Å². The maximum absolute atomic E-state index is 11.8. The number of benzene rings is 2. The predicted molar refractivity (Wildman–Crippen MR) is 125 cm³/mol. The van der Waals surface area contributed by atoms with Crippen LogP contribution in [-0.2, 0) is 6.54 Å². The molecule has 2 bridgehead atoms. The van der Waals surface area contributed by atoms with E-state index in [1.54, 1.807) is 0 Å². The van der Waals surface area contributed by atoms with Crippen molar-refractivity contribution in [1.82, 2.24) is 4.98 Å². The molecule has 3 nitrogen and oxygen atoms in total. The lowest BCUT2D eigenvalue weighted by atomic mass is 9.71. The molecule has 5 atom stereocenters. The first-order valence-electron chi connectivity index (χ1n) is 10.8. The van der Waals surface area contributed by atoms with E-state index in [1.807, 2.05) is 30.5 Å². The van der Waals surface area contributed by atoms with E-state index >= 15 is 0 Å². The molecule has 2 aromatic carbocycles. The molecular weight excluding hydrogens is 436 g/mol. The molecule has 3 aliphatic heterocycles. The Morgan fingerprint density at radius 1 is 1.17 bits per heavy atom. The second-order valence-electron chi connectivity index (χ2n) is 8.99. The van der Waals surface area contributed by atoms with Crippen LogP contribution in [0, 0.1) is 11.8 Å². The first kappa shape index (κ1) is 19.9. The van der Waals surface area contributed by atoms with E-state index in [0.717, 1.165) is 51.5 Å². The number of nitrogens with zero attached hydrogens (tertiary/aromatic N) is 2. The molecule has 1 N–H and O–H groups in total. The summed E-state index contributed by atoms with van der Waals surface area (Å²) in [6, 6.07) is 18.9. The fraction of sp³-hybridized carbons (Fsp3) is 0.346. The van der Waals surface area contributed by atoms with Crippen LogP contribution in [0.4, 0.5) is 0 Å². The van der Waals surface area contributed by atoms with Gasteiger partial charge in [0, 0.05) is 40.4 Å². The Kier molecular flexibility index (Phi) is 5.26. The van der Waals surface area contributed by atoms with Crippen molar-refractivity contribution < 1.29 is 9.59 Å². The second-order valence-corrected chi connectivity index (χ2v) is 9.84. The quantitative estimate of drug-likeness (QED) is 0.392. The van der Waals surface area contributed by atoms with Gasteiger partial charge in [0.05, 0.1) is 18.6 Å². The normalized spacial score (nSPS) is 29.1. The molecule has 3 aromatic rings. The Morgan fingerprint density at radius 3 is 2.80 bits per heavy atom. The van der Waals surface area contributed by atoms with Crippen LogP contribution in [-0.4, -0.2) is 33.7 Å². The summed E-state index contributed by atoms with van der Waals surface area (Å²) in [7, 11) is 0. The largest absolute Gasteiger partial charge is 0.382 e. The van der Waals surface area contributed by atoms with Crippen molar-refractivity contribution in [3.05, 3.63) is 89.0 Å². The van der Waals surface area contributed by atoms with Crippen molar-refractivity contribution in [3.63, 3.8) is 0 Å². The zero-order chi connectivity index (χ0) is 20.7. The number of aliphatic hydroxyl groups excluding tert-OH is 1. The molecule has 30 heavy (non-hydrogen) atoms. The van der Waals surface area contributed by atoms with E-state index < -0.39 is 6.10 Å². The highest BCUT2D eigenvalue weighted by atomic mass is 79.9. The number of fused-ring (bicyclic) bond motifs is 4. The molecule has 3 fully saturated rings. The summed E-state index contributed by atoms with van der Waals surface area (Å²) in [6.45, 7) is 7.24. The molecule has 6 rings (SSSR count). The highest BCUT2D eigenvalue weighted by Crippen LogP contribution is 2.48. The number of aliphatic hydroxyl groups is 1. The number of quaternary nitrogens is 1. The molecule has 0 radical (unpaired) electrons. The van der Waals surface area contributed by atoms with Gasteiger partial charge >= 0.3 is 0 Å². The summed E-state index contributed by atoms with van der Waals surface area (Å²) >= 11 is 3.75. The zero-order valence-corrected chi connectivity index (χ0v) is 18.7. The fourth-order valence-electron chi connectivity index (χ4n) is 5.93. The molecule has 3 saturated heterocycles. The van der Waals surface area contributed by atoms with Crippen molar-refractivity contribution >= 4 is 26.8 Å².